The highest BCUT2D eigenvalue weighted by Crippen LogP contribution is 2.30. The van der Waals surface area contributed by atoms with Gasteiger partial charge in [0.25, 0.3) is 0 Å². The molecule has 1 N–H and O–H groups in total. The molecule has 0 spiro atoms. The van der Waals surface area contributed by atoms with Crippen molar-refractivity contribution in [3.63, 3.8) is 0 Å². The lowest BCUT2D eigenvalue weighted by molar-refractivity contribution is 0.281. The summed E-state index contributed by atoms with van der Waals surface area (Å²) in [5, 5.41) is 3.51. The van der Waals surface area contributed by atoms with Crippen LogP contribution in [0.4, 0.5) is 0 Å². The van der Waals surface area contributed by atoms with Crippen LogP contribution in [0.2, 0.25) is 0 Å². The molecule has 1 saturated carbocycles. The second-order valence-corrected chi connectivity index (χ2v) is 8.64. The molecule has 2 heterocycles. The average Bonchev–Trinajstić information content (AvgIpc) is 3.19. The van der Waals surface area contributed by atoms with Crippen LogP contribution in [0.5, 0.6) is 5.75 Å². The van der Waals surface area contributed by atoms with E-state index in [4.69, 9.17) is 9.73 Å². The molecule has 0 aromatic heterocycles. The molecule has 5 nitrogen and oxygen atoms in total. The molecule has 1 aromatic carbocycles. The first-order valence-corrected chi connectivity index (χ1v) is 11.3. The van der Waals surface area contributed by atoms with Gasteiger partial charge < -0.3 is 19.9 Å². The molecule has 0 radical (unpaired) electrons. The van der Waals surface area contributed by atoms with E-state index in [9.17, 15) is 0 Å². The van der Waals surface area contributed by atoms with Gasteiger partial charge in [0.15, 0.2) is 5.96 Å². The zero-order valence-electron chi connectivity index (χ0n) is 17.4. The van der Waals surface area contributed by atoms with Gasteiger partial charge in [0, 0.05) is 31.7 Å². The Labute approximate surface area is 170 Å². The molecule has 2 saturated heterocycles. The van der Waals surface area contributed by atoms with Gasteiger partial charge in [0.1, 0.15) is 5.75 Å². The zero-order chi connectivity index (χ0) is 19.2. The summed E-state index contributed by atoms with van der Waals surface area (Å²) in [5.41, 5.74) is 1.19. The van der Waals surface area contributed by atoms with Crippen molar-refractivity contribution in [2.45, 2.75) is 45.6 Å². The monoisotopic (exact) mass is 384 g/mol. The minimum Gasteiger partial charge on any atom is -0.493 e. The van der Waals surface area contributed by atoms with Gasteiger partial charge in [-0.1, -0.05) is 18.2 Å². The third-order valence-corrected chi connectivity index (χ3v) is 6.18. The summed E-state index contributed by atoms with van der Waals surface area (Å²) in [6.07, 6.45) is 6.67. The fourth-order valence-corrected chi connectivity index (χ4v) is 4.36. The van der Waals surface area contributed by atoms with Crippen LogP contribution in [0.1, 0.15) is 44.6 Å². The number of para-hydroxylation sites is 1. The fourth-order valence-electron chi connectivity index (χ4n) is 4.36. The number of ether oxygens (including phenoxy) is 1. The maximum Gasteiger partial charge on any atom is 0.194 e. The fraction of sp³-hybridized carbons (Fsp3) is 0.696. The normalized spacial score (nSPS) is 23.4. The first-order valence-electron chi connectivity index (χ1n) is 11.3. The van der Waals surface area contributed by atoms with Crippen molar-refractivity contribution < 1.29 is 4.74 Å². The summed E-state index contributed by atoms with van der Waals surface area (Å²) in [6, 6.07) is 8.38. The van der Waals surface area contributed by atoms with E-state index in [0.29, 0.717) is 6.54 Å². The molecular formula is C23H36N4O. The van der Waals surface area contributed by atoms with E-state index in [-0.39, 0.29) is 0 Å². The Morgan fingerprint density at radius 3 is 2.71 bits per heavy atom. The number of hydrogen-bond acceptors (Lipinski definition) is 3. The van der Waals surface area contributed by atoms with Gasteiger partial charge in [-0.05, 0) is 70.0 Å². The Bertz CT molecular complexity index is 652. The highest BCUT2D eigenvalue weighted by molar-refractivity contribution is 5.80. The predicted octanol–water partition coefficient (Wildman–Crippen LogP) is 3.36. The summed E-state index contributed by atoms with van der Waals surface area (Å²) >= 11 is 0. The first-order chi connectivity index (χ1) is 13.8. The second kappa shape index (κ2) is 9.64. The van der Waals surface area contributed by atoms with E-state index in [1.54, 1.807) is 0 Å². The van der Waals surface area contributed by atoms with Gasteiger partial charge in [0.05, 0.1) is 13.2 Å². The molecule has 4 rings (SSSR count). The van der Waals surface area contributed by atoms with Crippen LogP contribution in [0, 0.1) is 11.8 Å². The minimum atomic E-state index is 0.677. The highest BCUT2D eigenvalue weighted by atomic mass is 16.5. The van der Waals surface area contributed by atoms with Crippen molar-refractivity contribution in [2.75, 3.05) is 45.9 Å². The number of guanidine groups is 1. The third kappa shape index (κ3) is 5.40. The molecule has 5 heteroatoms. The summed E-state index contributed by atoms with van der Waals surface area (Å²) in [5.74, 6) is 3.60. The van der Waals surface area contributed by atoms with Crippen LogP contribution in [0.15, 0.2) is 29.3 Å². The van der Waals surface area contributed by atoms with Crippen molar-refractivity contribution in [2.24, 2.45) is 16.8 Å². The SMILES string of the molecule is CCNC(=NCc1ccccc1OCC1CC1)N1CCC(CN2CCCC2)C1. The van der Waals surface area contributed by atoms with E-state index in [2.05, 4.69) is 46.3 Å². The Balaban J connectivity index is 1.35. The molecule has 3 fully saturated rings. The molecule has 1 atom stereocenters. The standard InChI is InChI=1S/C23H36N4O/c1-2-24-23(27-14-11-20(17-27)16-26-12-5-6-13-26)25-15-21-7-3-4-8-22(21)28-18-19-9-10-19/h3-4,7-8,19-20H,2,5-6,9-18H2,1H3,(H,24,25). The molecule has 0 bridgehead atoms. The van der Waals surface area contributed by atoms with Gasteiger partial charge >= 0.3 is 0 Å². The Hall–Kier alpha value is -1.75. The Kier molecular flexibility index (Phi) is 6.73. The molecule has 154 valence electrons. The predicted molar refractivity (Wildman–Crippen MR) is 115 cm³/mol. The molecule has 1 unspecified atom stereocenters. The molecule has 0 amide bonds. The van der Waals surface area contributed by atoms with E-state index < -0.39 is 0 Å². The van der Waals surface area contributed by atoms with Gasteiger partial charge in [-0.25, -0.2) is 4.99 Å². The number of benzene rings is 1. The summed E-state index contributed by atoms with van der Waals surface area (Å²) in [6.45, 7) is 10.7. The van der Waals surface area contributed by atoms with E-state index in [0.717, 1.165) is 49.8 Å². The highest BCUT2D eigenvalue weighted by Gasteiger charge is 2.27. The van der Waals surface area contributed by atoms with Crippen LogP contribution < -0.4 is 10.1 Å². The molecule has 1 aromatic rings. The molecule has 1 aliphatic carbocycles. The van der Waals surface area contributed by atoms with Gasteiger partial charge in [-0.15, -0.1) is 0 Å². The number of nitrogens with zero attached hydrogens (tertiary/aromatic N) is 3. The lowest BCUT2D eigenvalue weighted by atomic mass is 10.1. The topological polar surface area (TPSA) is 40.1 Å². The van der Waals surface area contributed by atoms with E-state index in [1.165, 1.54) is 57.3 Å². The molecule has 28 heavy (non-hydrogen) atoms. The number of rotatable bonds is 8. The average molecular weight is 385 g/mol. The molecule has 2 aliphatic heterocycles. The van der Waals surface area contributed by atoms with Crippen LogP contribution in [0.3, 0.4) is 0 Å². The summed E-state index contributed by atoms with van der Waals surface area (Å²) < 4.78 is 6.06. The largest absolute Gasteiger partial charge is 0.493 e. The number of hydrogen-bond donors (Lipinski definition) is 1. The molecule has 3 aliphatic rings. The van der Waals surface area contributed by atoms with Crippen molar-refractivity contribution in [1.82, 2.24) is 15.1 Å². The van der Waals surface area contributed by atoms with Crippen molar-refractivity contribution >= 4 is 5.96 Å². The van der Waals surface area contributed by atoms with Crippen molar-refractivity contribution in [3.05, 3.63) is 29.8 Å². The lowest BCUT2D eigenvalue weighted by Gasteiger charge is -2.23. The van der Waals surface area contributed by atoms with E-state index >= 15 is 0 Å². The van der Waals surface area contributed by atoms with Crippen LogP contribution in [-0.4, -0.2) is 61.6 Å². The lowest BCUT2D eigenvalue weighted by Crippen LogP contribution is -2.40. The van der Waals surface area contributed by atoms with Gasteiger partial charge in [-0.2, -0.15) is 0 Å². The first kappa shape index (κ1) is 19.6. The minimum absolute atomic E-state index is 0.677. The van der Waals surface area contributed by atoms with Crippen LogP contribution in [0.25, 0.3) is 0 Å². The third-order valence-electron chi connectivity index (χ3n) is 6.18. The zero-order valence-corrected chi connectivity index (χ0v) is 17.4. The maximum atomic E-state index is 6.06. The van der Waals surface area contributed by atoms with Crippen molar-refractivity contribution in [1.29, 1.82) is 0 Å². The van der Waals surface area contributed by atoms with Gasteiger partial charge in [0.2, 0.25) is 0 Å². The smallest absolute Gasteiger partial charge is 0.194 e. The van der Waals surface area contributed by atoms with Crippen LogP contribution >= 0.6 is 0 Å². The number of likely N-dealkylation sites (tertiary alicyclic amines) is 2. The quantitative estimate of drug-likeness (QED) is 0.551. The summed E-state index contributed by atoms with van der Waals surface area (Å²) in [4.78, 5) is 10.1. The van der Waals surface area contributed by atoms with E-state index in [1.807, 2.05) is 0 Å². The maximum absolute atomic E-state index is 6.06. The summed E-state index contributed by atoms with van der Waals surface area (Å²) in [7, 11) is 0. The van der Waals surface area contributed by atoms with Crippen LogP contribution in [-0.2, 0) is 6.54 Å². The van der Waals surface area contributed by atoms with Gasteiger partial charge in [-0.3, -0.25) is 0 Å². The Morgan fingerprint density at radius 1 is 1.11 bits per heavy atom. The number of aliphatic imine (C=N–C) groups is 1. The van der Waals surface area contributed by atoms with Crippen molar-refractivity contribution in [3.8, 4) is 5.75 Å². The molecular weight excluding hydrogens is 348 g/mol. The Morgan fingerprint density at radius 2 is 1.93 bits per heavy atom. The second-order valence-electron chi connectivity index (χ2n) is 8.64. The number of nitrogens with one attached hydrogen (secondary N) is 1.